The standard InChI is InChI=1S/C10H14N2O5/c1-12-3-5(9(15)11-10(12)16)7-2-6(14)8(4-13)17-7/h3,6-8,13-14H,2,4H2,1H3,(H,11,15,16)/t6-,7-,8+/m1/s1. The van der Waals surface area contributed by atoms with Gasteiger partial charge >= 0.3 is 5.69 Å². The summed E-state index contributed by atoms with van der Waals surface area (Å²) >= 11 is 0. The first-order valence-corrected chi connectivity index (χ1v) is 5.27. The minimum Gasteiger partial charge on any atom is -0.394 e. The van der Waals surface area contributed by atoms with Crippen LogP contribution in [0.4, 0.5) is 0 Å². The maximum Gasteiger partial charge on any atom is 0.328 e. The Balaban J connectivity index is 2.34. The monoisotopic (exact) mass is 242 g/mol. The summed E-state index contributed by atoms with van der Waals surface area (Å²) < 4.78 is 6.58. The maximum absolute atomic E-state index is 11.6. The van der Waals surface area contributed by atoms with Crippen molar-refractivity contribution in [1.82, 2.24) is 9.55 Å². The summed E-state index contributed by atoms with van der Waals surface area (Å²) in [6.45, 7) is -0.304. The summed E-state index contributed by atoms with van der Waals surface area (Å²) in [4.78, 5) is 24.9. The number of nitrogens with zero attached hydrogens (tertiary/aromatic N) is 1. The Kier molecular flexibility index (Phi) is 3.14. The highest BCUT2D eigenvalue weighted by Crippen LogP contribution is 2.30. The zero-order chi connectivity index (χ0) is 12.6. The van der Waals surface area contributed by atoms with Gasteiger partial charge in [0.25, 0.3) is 5.56 Å². The Morgan fingerprint density at radius 2 is 2.29 bits per heavy atom. The van der Waals surface area contributed by atoms with Gasteiger partial charge in [-0.1, -0.05) is 0 Å². The molecule has 0 spiro atoms. The molecular weight excluding hydrogens is 228 g/mol. The third-order valence-electron chi connectivity index (χ3n) is 2.89. The fourth-order valence-corrected chi connectivity index (χ4v) is 1.91. The van der Waals surface area contributed by atoms with Crippen molar-refractivity contribution in [1.29, 1.82) is 0 Å². The lowest BCUT2D eigenvalue weighted by atomic mass is 10.1. The van der Waals surface area contributed by atoms with E-state index >= 15 is 0 Å². The fraction of sp³-hybridized carbons (Fsp3) is 0.600. The summed E-state index contributed by atoms with van der Waals surface area (Å²) in [5.74, 6) is 0. The molecular formula is C10H14N2O5. The van der Waals surface area contributed by atoms with Crippen molar-refractivity contribution in [2.75, 3.05) is 6.61 Å². The van der Waals surface area contributed by atoms with E-state index in [0.717, 1.165) is 0 Å². The molecule has 94 valence electrons. The normalized spacial score (nSPS) is 28.5. The Morgan fingerprint density at radius 3 is 2.88 bits per heavy atom. The summed E-state index contributed by atoms with van der Waals surface area (Å²) in [7, 11) is 1.51. The number of aryl methyl sites for hydroxylation is 1. The van der Waals surface area contributed by atoms with Crippen LogP contribution in [0.15, 0.2) is 15.8 Å². The van der Waals surface area contributed by atoms with E-state index in [0.29, 0.717) is 0 Å². The second kappa shape index (κ2) is 4.44. The Hall–Kier alpha value is -1.44. The summed E-state index contributed by atoms with van der Waals surface area (Å²) in [5, 5.41) is 18.5. The topological polar surface area (TPSA) is 105 Å². The highest BCUT2D eigenvalue weighted by Gasteiger charge is 2.35. The van der Waals surface area contributed by atoms with Crippen molar-refractivity contribution in [2.24, 2.45) is 7.05 Å². The van der Waals surface area contributed by atoms with Crippen molar-refractivity contribution < 1.29 is 14.9 Å². The van der Waals surface area contributed by atoms with Gasteiger partial charge in [-0.15, -0.1) is 0 Å². The number of aromatic amines is 1. The Morgan fingerprint density at radius 1 is 1.59 bits per heavy atom. The molecule has 1 fully saturated rings. The molecule has 1 aromatic heterocycles. The molecule has 1 aromatic rings. The molecule has 3 atom stereocenters. The predicted octanol–water partition coefficient (Wildman–Crippen LogP) is -1.74. The van der Waals surface area contributed by atoms with E-state index in [4.69, 9.17) is 9.84 Å². The van der Waals surface area contributed by atoms with E-state index in [9.17, 15) is 14.7 Å². The largest absolute Gasteiger partial charge is 0.394 e. The number of hydrogen-bond donors (Lipinski definition) is 3. The molecule has 0 radical (unpaired) electrons. The molecule has 0 amide bonds. The Bertz CT molecular complexity index is 520. The quantitative estimate of drug-likeness (QED) is 0.571. The number of rotatable bonds is 2. The number of hydrogen-bond acceptors (Lipinski definition) is 5. The van der Waals surface area contributed by atoms with E-state index in [1.165, 1.54) is 17.8 Å². The average molecular weight is 242 g/mol. The SMILES string of the molecule is Cn1cc([C@H]2C[C@@H](O)[C@H](CO)O2)c(=O)[nH]c1=O. The molecule has 3 N–H and O–H groups in total. The predicted molar refractivity (Wildman–Crippen MR) is 57.6 cm³/mol. The van der Waals surface area contributed by atoms with Crippen molar-refractivity contribution in [3.63, 3.8) is 0 Å². The van der Waals surface area contributed by atoms with E-state index in [2.05, 4.69) is 4.98 Å². The first-order valence-electron chi connectivity index (χ1n) is 5.27. The van der Waals surface area contributed by atoms with Crippen molar-refractivity contribution in [3.05, 3.63) is 32.6 Å². The lowest BCUT2D eigenvalue weighted by Gasteiger charge is -2.12. The smallest absolute Gasteiger partial charge is 0.328 e. The molecule has 0 aromatic carbocycles. The number of aliphatic hydroxyl groups is 2. The van der Waals surface area contributed by atoms with Gasteiger partial charge in [0.05, 0.1) is 24.4 Å². The van der Waals surface area contributed by atoms with Crippen LogP contribution in [0.25, 0.3) is 0 Å². The van der Waals surface area contributed by atoms with E-state index in [1.54, 1.807) is 0 Å². The molecule has 7 heteroatoms. The lowest BCUT2D eigenvalue weighted by Crippen LogP contribution is -2.31. The number of aliphatic hydroxyl groups excluding tert-OH is 2. The molecule has 17 heavy (non-hydrogen) atoms. The molecule has 1 aliphatic heterocycles. The molecule has 2 rings (SSSR count). The van der Waals surface area contributed by atoms with Gasteiger partial charge in [-0.2, -0.15) is 0 Å². The van der Waals surface area contributed by atoms with E-state index < -0.39 is 29.6 Å². The third-order valence-corrected chi connectivity index (χ3v) is 2.89. The van der Waals surface area contributed by atoms with Crippen LogP contribution in [-0.2, 0) is 11.8 Å². The van der Waals surface area contributed by atoms with Crippen molar-refractivity contribution >= 4 is 0 Å². The average Bonchev–Trinajstić information content (AvgIpc) is 2.65. The van der Waals surface area contributed by atoms with Gasteiger partial charge in [0.15, 0.2) is 0 Å². The summed E-state index contributed by atoms with van der Waals surface area (Å²) in [6, 6.07) is 0. The minimum atomic E-state index is -0.804. The highest BCUT2D eigenvalue weighted by molar-refractivity contribution is 5.11. The van der Waals surface area contributed by atoms with Crippen molar-refractivity contribution in [2.45, 2.75) is 24.7 Å². The van der Waals surface area contributed by atoms with Crippen LogP contribution in [0, 0.1) is 0 Å². The molecule has 7 nitrogen and oxygen atoms in total. The van der Waals surface area contributed by atoms with Gasteiger partial charge in [0.2, 0.25) is 0 Å². The summed E-state index contributed by atoms with van der Waals surface area (Å²) in [5.41, 5.74) is -0.748. The highest BCUT2D eigenvalue weighted by atomic mass is 16.5. The maximum atomic E-state index is 11.6. The zero-order valence-electron chi connectivity index (χ0n) is 9.29. The van der Waals surface area contributed by atoms with Gasteiger partial charge < -0.3 is 19.5 Å². The fourth-order valence-electron chi connectivity index (χ4n) is 1.91. The van der Waals surface area contributed by atoms with E-state index in [-0.39, 0.29) is 18.6 Å². The van der Waals surface area contributed by atoms with Gasteiger partial charge in [0.1, 0.15) is 6.10 Å². The molecule has 1 saturated heterocycles. The number of H-pyrrole nitrogens is 1. The third kappa shape index (κ3) is 2.17. The molecule has 1 aliphatic rings. The molecule has 0 bridgehead atoms. The van der Waals surface area contributed by atoms with Crippen molar-refractivity contribution in [3.8, 4) is 0 Å². The molecule has 2 heterocycles. The number of nitrogens with one attached hydrogen (secondary N) is 1. The first-order chi connectivity index (χ1) is 8.02. The number of aromatic nitrogens is 2. The van der Waals surface area contributed by atoms with Gasteiger partial charge in [0, 0.05) is 19.7 Å². The number of ether oxygens (including phenoxy) is 1. The van der Waals surface area contributed by atoms with Crippen LogP contribution >= 0.6 is 0 Å². The lowest BCUT2D eigenvalue weighted by molar-refractivity contribution is -0.0230. The van der Waals surface area contributed by atoms with Gasteiger partial charge in [-0.25, -0.2) is 4.79 Å². The first kappa shape index (κ1) is 12.0. The van der Waals surface area contributed by atoms with Crippen LogP contribution in [-0.4, -0.2) is 38.6 Å². The molecule has 0 saturated carbocycles. The van der Waals surface area contributed by atoms with Crippen LogP contribution in [0.5, 0.6) is 0 Å². The zero-order valence-corrected chi connectivity index (χ0v) is 9.29. The summed E-state index contributed by atoms with van der Waals surface area (Å²) in [6.07, 6.45) is -0.471. The van der Waals surface area contributed by atoms with Crippen LogP contribution in [0.1, 0.15) is 18.1 Å². The van der Waals surface area contributed by atoms with E-state index in [1.807, 2.05) is 0 Å². The minimum absolute atomic E-state index is 0.229. The second-order valence-corrected chi connectivity index (χ2v) is 4.10. The Labute approximate surface area is 96.3 Å². The van der Waals surface area contributed by atoms with Crippen LogP contribution in [0.3, 0.4) is 0 Å². The second-order valence-electron chi connectivity index (χ2n) is 4.10. The van der Waals surface area contributed by atoms with Gasteiger partial charge in [-0.05, 0) is 0 Å². The molecule has 0 unspecified atom stereocenters. The van der Waals surface area contributed by atoms with Gasteiger partial charge in [-0.3, -0.25) is 9.78 Å². The van der Waals surface area contributed by atoms with Crippen LogP contribution < -0.4 is 11.2 Å². The molecule has 0 aliphatic carbocycles. The van der Waals surface area contributed by atoms with Crippen LogP contribution in [0.2, 0.25) is 0 Å².